The Morgan fingerprint density at radius 3 is 2.58 bits per heavy atom. The number of primary amides is 1. The van der Waals surface area contributed by atoms with Crippen LogP contribution >= 0.6 is 0 Å². The van der Waals surface area contributed by atoms with Crippen LogP contribution in [0.4, 0.5) is 11.4 Å². The Morgan fingerprint density at radius 1 is 1.33 bits per heavy atom. The zero-order chi connectivity index (χ0) is 18.1. The lowest BCUT2D eigenvalue weighted by molar-refractivity contribution is -0.122. The van der Waals surface area contributed by atoms with E-state index in [-0.39, 0.29) is 5.91 Å². The molecule has 7 nitrogen and oxygen atoms in total. The fourth-order valence-electron chi connectivity index (χ4n) is 2.64. The molecule has 0 unspecified atom stereocenters. The molecule has 1 heterocycles. The number of nitrogens with zero attached hydrogens (tertiary/aromatic N) is 1. The van der Waals surface area contributed by atoms with Crippen molar-refractivity contribution in [2.24, 2.45) is 11.1 Å². The molecule has 0 radical (unpaired) electrons. The maximum Gasteiger partial charge on any atom is 0.252 e. The third-order valence-corrected chi connectivity index (χ3v) is 4.04. The van der Waals surface area contributed by atoms with Gasteiger partial charge in [0.1, 0.15) is 6.04 Å². The Hall–Kier alpha value is -2.57. The summed E-state index contributed by atoms with van der Waals surface area (Å²) in [6.45, 7) is 6.09. The topological polar surface area (TPSA) is 105 Å². The molecule has 3 amide bonds. The van der Waals surface area contributed by atoms with E-state index in [0.29, 0.717) is 24.2 Å². The normalized spacial score (nSPS) is 15.8. The Kier molecular flexibility index (Phi) is 4.82. The van der Waals surface area contributed by atoms with E-state index in [1.54, 1.807) is 18.2 Å². The summed E-state index contributed by atoms with van der Waals surface area (Å²) in [7, 11) is 1.89. The summed E-state index contributed by atoms with van der Waals surface area (Å²) in [5.74, 6) is -1.08. The number of hydrogen-bond acceptors (Lipinski definition) is 4. The maximum atomic E-state index is 12.5. The highest BCUT2D eigenvalue weighted by atomic mass is 16.2. The Morgan fingerprint density at radius 2 is 2.00 bits per heavy atom. The van der Waals surface area contributed by atoms with Gasteiger partial charge in [0.25, 0.3) is 5.91 Å². The molecular formula is C17H24N4O3. The summed E-state index contributed by atoms with van der Waals surface area (Å²) in [5, 5.41) is 5.48. The summed E-state index contributed by atoms with van der Waals surface area (Å²) in [6, 6.07) is 4.28. The average molecular weight is 332 g/mol. The number of rotatable bonds is 3. The van der Waals surface area contributed by atoms with Crippen molar-refractivity contribution in [1.29, 1.82) is 0 Å². The van der Waals surface area contributed by atoms with Gasteiger partial charge >= 0.3 is 0 Å². The van der Waals surface area contributed by atoms with Crippen molar-refractivity contribution in [3.63, 3.8) is 0 Å². The second-order valence-corrected chi connectivity index (χ2v) is 7.13. The number of fused-ring (bicyclic) bond motifs is 1. The van der Waals surface area contributed by atoms with Crippen LogP contribution in [-0.4, -0.2) is 37.4 Å². The lowest BCUT2D eigenvalue weighted by atomic mass is 9.86. The molecule has 0 bridgehead atoms. The largest absolute Gasteiger partial charge is 0.372 e. The molecule has 1 aliphatic rings. The molecule has 2 rings (SSSR count). The molecule has 0 aliphatic carbocycles. The molecule has 130 valence electrons. The molecule has 0 spiro atoms. The summed E-state index contributed by atoms with van der Waals surface area (Å²) >= 11 is 0. The SMILES string of the molecule is CN1CCC(=O)Nc2cc(C(=O)N[C@H](C(N)=O)C(C)(C)C)ccc21. The second kappa shape index (κ2) is 6.51. The first-order valence-electron chi connectivity index (χ1n) is 7.85. The predicted molar refractivity (Wildman–Crippen MR) is 92.9 cm³/mol. The van der Waals surface area contributed by atoms with Crippen LogP contribution in [0.15, 0.2) is 18.2 Å². The minimum absolute atomic E-state index is 0.0946. The smallest absolute Gasteiger partial charge is 0.252 e. The minimum atomic E-state index is -0.791. The minimum Gasteiger partial charge on any atom is -0.372 e. The van der Waals surface area contributed by atoms with Crippen LogP contribution in [0.3, 0.4) is 0 Å². The van der Waals surface area contributed by atoms with Crippen LogP contribution in [0.1, 0.15) is 37.6 Å². The number of hydrogen-bond donors (Lipinski definition) is 3. The number of nitrogens with one attached hydrogen (secondary N) is 2. The van der Waals surface area contributed by atoms with Gasteiger partial charge in [-0.15, -0.1) is 0 Å². The molecule has 1 aliphatic heterocycles. The van der Waals surface area contributed by atoms with Gasteiger partial charge < -0.3 is 21.3 Å². The molecule has 1 aromatic carbocycles. The quantitative estimate of drug-likeness (QED) is 0.771. The monoisotopic (exact) mass is 332 g/mol. The van der Waals surface area contributed by atoms with E-state index < -0.39 is 23.3 Å². The second-order valence-electron chi connectivity index (χ2n) is 7.13. The average Bonchev–Trinajstić information content (AvgIpc) is 2.61. The Bertz CT molecular complexity index is 679. The highest BCUT2D eigenvalue weighted by Gasteiger charge is 2.31. The van der Waals surface area contributed by atoms with Gasteiger partial charge in [-0.2, -0.15) is 0 Å². The molecule has 0 aromatic heterocycles. The third-order valence-electron chi connectivity index (χ3n) is 4.04. The number of nitrogens with two attached hydrogens (primary N) is 1. The molecule has 0 saturated heterocycles. The van der Waals surface area contributed by atoms with E-state index in [2.05, 4.69) is 10.6 Å². The van der Waals surface area contributed by atoms with Gasteiger partial charge in [0.2, 0.25) is 11.8 Å². The number of carbonyl (C=O) groups is 3. The van der Waals surface area contributed by atoms with Crippen LogP contribution in [0.2, 0.25) is 0 Å². The van der Waals surface area contributed by atoms with Gasteiger partial charge in [0, 0.05) is 25.6 Å². The Balaban J connectivity index is 2.28. The van der Waals surface area contributed by atoms with Crippen LogP contribution in [0.25, 0.3) is 0 Å². The van der Waals surface area contributed by atoms with Gasteiger partial charge in [0.15, 0.2) is 0 Å². The van der Waals surface area contributed by atoms with Gasteiger partial charge in [-0.25, -0.2) is 0 Å². The van der Waals surface area contributed by atoms with Crippen molar-refractivity contribution in [3.8, 4) is 0 Å². The summed E-state index contributed by atoms with van der Waals surface area (Å²) < 4.78 is 0. The first kappa shape index (κ1) is 17.8. The third kappa shape index (κ3) is 3.84. The highest BCUT2D eigenvalue weighted by Crippen LogP contribution is 2.29. The zero-order valence-corrected chi connectivity index (χ0v) is 14.5. The number of benzene rings is 1. The van der Waals surface area contributed by atoms with E-state index in [4.69, 9.17) is 5.73 Å². The van der Waals surface area contributed by atoms with Gasteiger partial charge in [0.05, 0.1) is 11.4 Å². The lowest BCUT2D eigenvalue weighted by Gasteiger charge is -2.28. The maximum absolute atomic E-state index is 12.5. The molecule has 0 saturated carbocycles. The van der Waals surface area contributed by atoms with Crippen molar-refractivity contribution in [1.82, 2.24) is 5.32 Å². The molecule has 1 aromatic rings. The van der Waals surface area contributed by atoms with Gasteiger partial charge in [-0.1, -0.05) is 20.8 Å². The highest BCUT2D eigenvalue weighted by molar-refractivity contribution is 6.02. The molecule has 1 atom stereocenters. The van der Waals surface area contributed by atoms with Crippen LogP contribution in [0.5, 0.6) is 0 Å². The zero-order valence-electron chi connectivity index (χ0n) is 14.5. The molecular weight excluding hydrogens is 308 g/mol. The Labute approximate surface area is 141 Å². The fourth-order valence-corrected chi connectivity index (χ4v) is 2.64. The molecule has 0 fully saturated rings. The molecule has 4 N–H and O–H groups in total. The van der Waals surface area contributed by atoms with Crippen LogP contribution < -0.4 is 21.3 Å². The van der Waals surface area contributed by atoms with Gasteiger partial charge in [-0.05, 0) is 23.6 Å². The first-order chi connectivity index (χ1) is 11.1. The van der Waals surface area contributed by atoms with E-state index >= 15 is 0 Å². The van der Waals surface area contributed by atoms with E-state index in [1.165, 1.54) is 0 Å². The van der Waals surface area contributed by atoms with Crippen molar-refractivity contribution >= 4 is 29.1 Å². The van der Waals surface area contributed by atoms with Crippen LogP contribution in [-0.2, 0) is 9.59 Å². The van der Waals surface area contributed by atoms with Gasteiger partial charge in [-0.3, -0.25) is 14.4 Å². The first-order valence-corrected chi connectivity index (χ1v) is 7.85. The lowest BCUT2D eigenvalue weighted by Crippen LogP contribution is -2.52. The fraction of sp³-hybridized carbons (Fsp3) is 0.471. The standard InChI is InChI=1S/C17H24N4O3/c1-17(2,3)14(15(18)23)20-16(24)10-5-6-12-11(9-10)19-13(22)7-8-21(12)4/h5-6,9,14H,7-8H2,1-4H3,(H2,18,23)(H,19,22)(H,20,24)/t14-/m1/s1. The number of anilines is 2. The number of carbonyl (C=O) groups excluding carboxylic acids is 3. The summed E-state index contributed by atoms with van der Waals surface area (Å²) in [4.78, 5) is 37.8. The van der Waals surface area contributed by atoms with E-state index in [1.807, 2.05) is 32.7 Å². The van der Waals surface area contributed by atoms with Crippen LogP contribution in [0, 0.1) is 5.41 Å². The molecule has 24 heavy (non-hydrogen) atoms. The van der Waals surface area contributed by atoms with Crippen molar-refractivity contribution < 1.29 is 14.4 Å². The summed E-state index contributed by atoms with van der Waals surface area (Å²) in [6.07, 6.45) is 0.389. The predicted octanol–water partition coefficient (Wildman–Crippen LogP) is 1.09. The van der Waals surface area contributed by atoms with Crippen molar-refractivity contribution in [3.05, 3.63) is 23.8 Å². The van der Waals surface area contributed by atoms with E-state index in [9.17, 15) is 14.4 Å². The summed E-state index contributed by atoms with van der Waals surface area (Å²) in [5.41, 5.74) is 6.69. The van der Waals surface area contributed by atoms with Crippen molar-refractivity contribution in [2.75, 3.05) is 23.8 Å². The van der Waals surface area contributed by atoms with Crippen molar-refractivity contribution in [2.45, 2.75) is 33.2 Å². The molecule has 7 heteroatoms. The number of amides is 3. The van der Waals surface area contributed by atoms with E-state index in [0.717, 1.165) is 5.69 Å².